The van der Waals surface area contributed by atoms with Crippen molar-refractivity contribution in [2.45, 2.75) is 26.3 Å². The first kappa shape index (κ1) is 13.5. The van der Waals surface area contributed by atoms with E-state index < -0.39 is 0 Å². The molecule has 0 saturated heterocycles. The van der Waals surface area contributed by atoms with Crippen LogP contribution in [0.3, 0.4) is 0 Å². The largest absolute Gasteiger partial charge is 0.398 e. The number of benzene rings is 1. The third-order valence-electron chi connectivity index (χ3n) is 2.94. The first-order valence-corrected chi connectivity index (χ1v) is 5.78. The van der Waals surface area contributed by atoms with Crippen LogP contribution in [0.15, 0.2) is 24.3 Å². The second-order valence-electron chi connectivity index (χ2n) is 4.39. The van der Waals surface area contributed by atoms with E-state index in [1.807, 2.05) is 32.0 Å². The van der Waals surface area contributed by atoms with Crippen LogP contribution in [0.4, 0.5) is 5.69 Å². The van der Waals surface area contributed by atoms with Crippen LogP contribution in [0.2, 0.25) is 0 Å². The van der Waals surface area contributed by atoms with Gasteiger partial charge in [0, 0.05) is 18.3 Å². The number of nitrogens with two attached hydrogens (primary N) is 1. The first-order chi connectivity index (χ1) is 8.04. The fourth-order valence-corrected chi connectivity index (χ4v) is 1.47. The molecule has 0 bridgehead atoms. The summed E-state index contributed by atoms with van der Waals surface area (Å²) in [6, 6.07) is 7.28. The fourth-order valence-electron chi connectivity index (χ4n) is 1.47. The Labute approximate surface area is 102 Å². The molecule has 0 aromatic heterocycles. The molecule has 2 unspecified atom stereocenters. The maximum atomic E-state index is 11.7. The van der Waals surface area contributed by atoms with Crippen molar-refractivity contribution < 1.29 is 9.90 Å². The van der Waals surface area contributed by atoms with E-state index in [1.165, 1.54) is 0 Å². The number of anilines is 1. The molecule has 0 radical (unpaired) electrons. The summed E-state index contributed by atoms with van der Waals surface area (Å²) < 4.78 is 0. The zero-order valence-electron chi connectivity index (χ0n) is 10.3. The van der Waals surface area contributed by atoms with E-state index in [0.717, 1.165) is 5.56 Å². The molecule has 1 aromatic rings. The predicted octanol–water partition coefficient (Wildman–Crippen LogP) is 0.944. The minimum Gasteiger partial charge on any atom is -0.398 e. The van der Waals surface area contributed by atoms with Crippen LogP contribution in [-0.4, -0.2) is 23.7 Å². The average Bonchev–Trinajstić information content (AvgIpc) is 2.31. The summed E-state index contributed by atoms with van der Waals surface area (Å²) in [6.45, 7) is 3.84. The molecule has 2 atom stereocenters. The highest BCUT2D eigenvalue weighted by atomic mass is 16.3. The lowest BCUT2D eigenvalue weighted by atomic mass is 10.0. The summed E-state index contributed by atoms with van der Waals surface area (Å²) >= 11 is 0. The van der Waals surface area contributed by atoms with Crippen molar-refractivity contribution in [1.29, 1.82) is 0 Å². The van der Waals surface area contributed by atoms with Gasteiger partial charge in [-0.25, -0.2) is 0 Å². The molecule has 1 aromatic carbocycles. The van der Waals surface area contributed by atoms with Gasteiger partial charge in [-0.1, -0.05) is 25.1 Å². The average molecular weight is 236 g/mol. The number of carbonyl (C=O) groups is 1. The number of hydrogen-bond donors (Lipinski definition) is 3. The highest BCUT2D eigenvalue weighted by molar-refractivity contribution is 5.80. The molecule has 94 valence electrons. The Hall–Kier alpha value is -1.55. The maximum Gasteiger partial charge on any atom is 0.224 e. The molecule has 4 heteroatoms. The lowest BCUT2D eigenvalue weighted by Crippen LogP contribution is -2.39. The molecule has 0 fully saturated rings. The van der Waals surface area contributed by atoms with Gasteiger partial charge in [-0.3, -0.25) is 4.79 Å². The SMILES string of the molecule is CC(CO)C(C)NC(=O)Cc1ccccc1N. The number of rotatable bonds is 5. The highest BCUT2D eigenvalue weighted by Crippen LogP contribution is 2.11. The van der Waals surface area contributed by atoms with Gasteiger partial charge in [-0.05, 0) is 24.5 Å². The van der Waals surface area contributed by atoms with Gasteiger partial charge in [-0.15, -0.1) is 0 Å². The number of nitrogens with one attached hydrogen (secondary N) is 1. The number of hydrogen-bond acceptors (Lipinski definition) is 3. The minimum atomic E-state index is -0.0734. The molecular formula is C13H20N2O2. The second-order valence-corrected chi connectivity index (χ2v) is 4.39. The van der Waals surface area contributed by atoms with Crippen LogP contribution in [0.1, 0.15) is 19.4 Å². The van der Waals surface area contributed by atoms with E-state index in [4.69, 9.17) is 10.8 Å². The van der Waals surface area contributed by atoms with Crippen molar-refractivity contribution in [3.63, 3.8) is 0 Å². The van der Waals surface area contributed by atoms with E-state index in [2.05, 4.69) is 5.32 Å². The van der Waals surface area contributed by atoms with Crippen molar-refractivity contribution in [2.24, 2.45) is 5.92 Å². The first-order valence-electron chi connectivity index (χ1n) is 5.78. The molecule has 0 aliphatic heterocycles. The monoisotopic (exact) mass is 236 g/mol. The number of nitrogen functional groups attached to an aromatic ring is 1. The van der Waals surface area contributed by atoms with Gasteiger partial charge < -0.3 is 16.2 Å². The minimum absolute atomic E-state index is 0.0440. The molecule has 0 spiro atoms. The molecule has 4 N–H and O–H groups in total. The molecule has 0 aliphatic rings. The molecule has 0 aliphatic carbocycles. The molecule has 4 nitrogen and oxygen atoms in total. The van der Waals surface area contributed by atoms with E-state index in [0.29, 0.717) is 5.69 Å². The Morgan fingerprint density at radius 1 is 1.41 bits per heavy atom. The van der Waals surface area contributed by atoms with E-state index in [9.17, 15) is 4.79 Å². The number of aliphatic hydroxyl groups excluding tert-OH is 1. The Morgan fingerprint density at radius 3 is 2.65 bits per heavy atom. The van der Waals surface area contributed by atoms with Crippen molar-refractivity contribution in [3.8, 4) is 0 Å². The second kappa shape index (κ2) is 6.25. The fraction of sp³-hybridized carbons (Fsp3) is 0.462. The van der Waals surface area contributed by atoms with Crippen LogP contribution >= 0.6 is 0 Å². The third-order valence-corrected chi connectivity index (χ3v) is 2.94. The van der Waals surface area contributed by atoms with Crippen LogP contribution in [0.5, 0.6) is 0 Å². The Balaban J connectivity index is 2.53. The van der Waals surface area contributed by atoms with Gasteiger partial charge >= 0.3 is 0 Å². The zero-order valence-corrected chi connectivity index (χ0v) is 10.3. The molecule has 0 saturated carbocycles. The normalized spacial score (nSPS) is 14.1. The van der Waals surface area contributed by atoms with Crippen LogP contribution in [0.25, 0.3) is 0 Å². The van der Waals surface area contributed by atoms with E-state index >= 15 is 0 Å². The molecular weight excluding hydrogens is 216 g/mol. The van der Waals surface area contributed by atoms with Gasteiger partial charge in [0.15, 0.2) is 0 Å². The number of carbonyl (C=O) groups excluding carboxylic acids is 1. The van der Waals surface area contributed by atoms with Gasteiger partial charge in [0.25, 0.3) is 0 Å². The number of para-hydroxylation sites is 1. The Morgan fingerprint density at radius 2 is 2.06 bits per heavy atom. The smallest absolute Gasteiger partial charge is 0.224 e. The van der Waals surface area contributed by atoms with E-state index in [1.54, 1.807) is 6.07 Å². The number of aliphatic hydroxyl groups is 1. The summed E-state index contributed by atoms with van der Waals surface area (Å²) in [7, 11) is 0. The van der Waals surface area contributed by atoms with Crippen molar-refractivity contribution in [2.75, 3.05) is 12.3 Å². The van der Waals surface area contributed by atoms with Crippen molar-refractivity contribution in [3.05, 3.63) is 29.8 Å². The van der Waals surface area contributed by atoms with Crippen LogP contribution in [0, 0.1) is 5.92 Å². The van der Waals surface area contributed by atoms with Gasteiger partial charge in [0.1, 0.15) is 0 Å². The molecule has 1 rings (SSSR count). The summed E-state index contributed by atoms with van der Waals surface area (Å²) in [6.07, 6.45) is 0.273. The van der Waals surface area contributed by atoms with Crippen molar-refractivity contribution in [1.82, 2.24) is 5.32 Å². The zero-order chi connectivity index (χ0) is 12.8. The molecule has 1 amide bonds. The standard InChI is InChI=1S/C13H20N2O2/c1-9(8-16)10(2)15-13(17)7-11-5-3-4-6-12(11)14/h3-6,9-10,16H,7-8,14H2,1-2H3,(H,15,17). The topological polar surface area (TPSA) is 75.3 Å². The lowest BCUT2D eigenvalue weighted by molar-refractivity contribution is -0.121. The van der Waals surface area contributed by atoms with Crippen LogP contribution in [-0.2, 0) is 11.2 Å². The molecule has 17 heavy (non-hydrogen) atoms. The van der Waals surface area contributed by atoms with Crippen molar-refractivity contribution >= 4 is 11.6 Å². The third kappa shape index (κ3) is 4.07. The van der Waals surface area contributed by atoms with Crippen LogP contribution < -0.4 is 11.1 Å². The highest BCUT2D eigenvalue weighted by Gasteiger charge is 2.14. The predicted molar refractivity (Wildman–Crippen MR) is 68.4 cm³/mol. The lowest BCUT2D eigenvalue weighted by Gasteiger charge is -2.19. The van der Waals surface area contributed by atoms with E-state index in [-0.39, 0.29) is 30.9 Å². The Kier molecular flexibility index (Phi) is 4.97. The maximum absolute atomic E-state index is 11.7. The Bertz CT molecular complexity index is 379. The van der Waals surface area contributed by atoms with Gasteiger partial charge in [0.05, 0.1) is 6.42 Å². The van der Waals surface area contributed by atoms with Gasteiger partial charge in [-0.2, -0.15) is 0 Å². The summed E-state index contributed by atoms with van der Waals surface area (Å²) in [5, 5.41) is 11.8. The summed E-state index contributed by atoms with van der Waals surface area (Å²) in [5.74, 6) is -0.0252. The summed E-state index contributed by atoms with van der Waals surface area (Å²) in [5.41, 5.74) is 7.22. The summed E-state index contributed by atoms with van der Waals surface area (Å²) in [4.78, 5) is 11.7. The molecule has 0 heterocycles. The number of amides is 1. The van der Waals surface area contributed by atoms with Gasteiger partial charge in [0.2, 0.25) is 5.91 Å². The quantitative estimate of drug-likeness (QED) is 0.666.